The number of imide groups is 1. The number of amides is 2. The lowest BCUT2D eigenvalue weighted by Gasteiger charge is -2.61. The average Bonchev–Trinajstić information content (AvgIpc) is 4.00. The van der Waals surface area contributed by atoms with Crippen LogP contribution in [0.25, 0.3) is 10.9 Å². The zero-order valence-electron chi connectivity index (χ0n) is 34.7. The number of hydrogen-bond acceptors (Lipinski definition) is 12. The number of aromatic nitrogens is 1. The molecule has 59 heavy (non-hydrogen) atoms. The summed E-state index contributed by atoms with van der Waals surface area (Å²) in [7, 11) is 0. The van der Waals surface area contributed by atoms with Gasteiger partial charge < -0.3 is 28.8 Å². The van der Waals surface area contributed by atoms with Gasteiger partial charge in [-0.15, -0.1) is 0 Å². The maximum atomic E-state index is 15.9. The van der Waals surface area contributed by atoms with Crippen LogP contribution in [0.5, 0.6) is 0 Å². The second kappa shape index (κ2) is 16.1. The molecule has 2 aromatic rings. The van der Waals surface area contributed by atoms with Crippen LogP contribution in [0.4, 0.5) is 14.9 Å². The van der Waals surface area contributed by atoms with Crippen LogP contribution in [-0.4, -0.2) is 108 Å². The molecule has 2 bridgehead atoms. The number of aliphatic hydroxyl groups excluding tert-OH is 1. The zero-order valence-corrected chi connectivity index (χ0v) is 35.6. The molecule has 0 radical (unpaired) electrons. The molecule has 1 aromatic heterocycles. The number of ether oxygens (including phenoxy) is 3. The molecule has 6 fully saturated rings. The number of alkyl carbamates (subject to hydrolysis) is 1. The standard InChI is InChI=1S/C44H59FN4O9S/c1-25-7-11-44-12-8-34(50)37(44)43(25,4)35(23-42(3,59)38(52)26(44)2)58-41(55)46-39(53)27-9-13-48(14-10-27)33-22-32-29(21-31(33)45)36(51)30(24-49(32)28-5-6-28)40(54)57-20-17-47-15-18-56-19-16-47/h21-22,24-28,35,37-38,52,59H,5-20,23H2,1-4H3,(H,46,53,55)/t25-,26+,35-,37?,38+,42-,43+,44?/m1/s1. The minimum absolute atomic E-state index is 0.0517. The Morgan fingerprint density at radius 3 is 2.42 bits per heavy atom. The Kier molecular flexibility index (Phi) is 11.5. The highest BCUT2D eigenvalue weighted by molar-refractivity contribution is 7.81. The molecular weight excluding hydrogens is 780 g/mol. The van der Waals surface area contributed by atoms with Crippen LogP contribution in [0.1, 0.15) is 102 Å². The number of fused-ring (bicyclic) bond motifs is 1. The fraction of sp³-hybridized carbons (Fsp3) is 0.705. The Morgan fingerprint density at radius 2 is 1.73 bits per heavy atom. The zero-order chi connectivity index (χ0) is 42.0. The maximum absolute atomic E-state index is 15.9. The van der Waals surface area contributed by atoms with Crippen LogP contribution >= 0.6 is 12.6 Å². The van der Waals surface area contributed by atoms with Gasteiger partial charge in [-0.2, -0.15) is 12.6 Å². The fourth-order valence-corrected chi connectivity index (χ4v) is 11.9. The summed E-state index contributed by atoms with van der Waals surface area (Å²) in [6.07, 6.45) is 4.47. The van der Waals surface area contributed by atoms with Gasteiger partial charge in [-0.1, -0.05) is 20.8 Å². The number of halogens is 1. The van der Waals surface area contributed by atoms with Gasteiger partial charge in [0.2, 0.25) is 11.3 Å². The lowest BCUT2D eigenvalue weighted by atomic mass is 9.45. The summed E-state index contributed by atoms with van der Waals surface area (Å²) in [5, 5.41) is 14.2. The monoisotopic (exact) mass is 838 g/mol. The van der Waals surface area contributed by atoms with E-state index in [0.29, 0.717) is 69.7 Å². The number of carbonyl (C=O) groups is 4. The number of aliphatic hydroxyl groups is 1. The molecule has 8 rings (SSSR count). The molecule has 4 saturated carbocycles. The SMILES string of the molecule is C[C@@H]1CCC23CCC(=O)C2[C@]1(C)[C@H](OC(=O)NC(=O)C1CCN(c2cc4c(cc2F)c(=O)c(C(=O)OCCN2CCOCC2)cn4C2CC2)CC1)C[C@@](C)(S)[C@@H](O)[C@@H]3C. The molecule has 3 heterocycles. The van der Waals surface area contributed by atoms with Crippen LogP contribution in [0.2, 0.25) is 0 Å². The van der Waals surface area contributed by atoms with E-state index in [4.69, 9.17) is 26.8 Å². The molecule has 0 spiro atoms. The first-order valence-corrected chi connectivity index (χ1v) is 22.0. The maximum Gasteiger partial charge on any atom is 0.414 e. The molecule has 2 N–H and O–H groups in total. The lowest BCUT2D eigenvalue weighted by molar-refractivity contribution is -0.179. The highest BCUT2D eigenvalue weighted by atomic mass is 32.1. The third kappa shape index (κ3) is 7.60. The quantitative estimate of drug-likeness (QED) is 0.235. The average molecular weight is 839 g/mol. The third-order valence-electron chi connectivity index (χ3n) is 15.5. The number of hydrogen-bond donors (Lipinski definition) is 3. The molecule has 322 valence electrons. The van der Waals surface area contributed by atoms with Crippen molar-refractivity contribution in [3.8, 4) is 0 Å². The number of benzene rings is 1. The lowest BCUT2D eigenvalue weighted by Crippen LogP contribution is -2.64. The number of thiol groups is 1. The van der Waals surface area contributed by atoms with Gasteiger partial charge in [0.05, 0.1) is 30.5 Å². The highest BCUT2D eigenvalue weighted by Crippen LogP contribution is 2.67. The summed E-state index contributed by atoms with van der Waals surface area (Å²) in [5.74, 6) is -2.70. The van der Waals surface area contributed by atoms with E-state index in [-0.39, 0.29) is 53.6 Å². The molecule has 8 atom stereocenters. The topological polar surface area (TPSA) is 157 Å². The van der Waals surface area contributed by atoms with Gasteiger partial charge in [-0.3, -0.25) is 24.6 Å². The summed E-state index contributed by atoms with van der Waals surface area (Å²) in [5.41, 5.74) is -0.984. The molecule has 2 unspecified atom stereocenters. The van der Waals surface area contributed by atoms with E-state index in [2.05, 4.69) is 17.1 Å². The molecule has 4 aliphatic carbocycles. The highest BCUT2D eigenvalue weighted by Gasteiger charge is 2.68. The minimum atomic E-state index is -0.911. The number of anilines is 1. The number of esters is 1. The molecule has 1 aromatic carbocycles. The predicted molar refractivity (Wildman–Crippen MR) is 221 cm³/mol. The molecule has 13 nitrogen and oxygen atoms in total. The van der Waals surface area contributed by atoms with Gasteiger partial charge in [0, 0.05) is 85.2 Å². The van der Waals surface area contributed by atoms with Crippen LogP contribution in [-0.2, 0) is 23.8 Å². The van der Waals surface area contributed by atoms with Crippen molar-refractivity contribution in [3.05, 3.63) is 39.9 Å². The molecular formula is C44H59FN4O9S. The van der Waals surface area contributed by atoms with Crippen molar-refractivity contribution >= 4 is 53.0 Å². The fourth-order valence-electron chi connectivity index (χ4n) is 11.6. The van der Waals surface area contributed by atoms with Gasteiger partial charge in [-0.25, -0.2) is 14.0 Å². The number of pyridine rings is 1. The van der Waals surface area contributed by atoms with Gasteiger partial charge in [0.15, 0.2) is 0 Å². The second-order valence-corrected chi connectivity index (χ2v) is 19.8. The molecule has 2 aliphatic heterocycles. The summed E-state index contributed by atoms with van der Waals surface area (Å²) in [6.45, 7) is 12.1. The minimum Gasteiger partial charge on any atom is -0.461 e. The summed E-state index contributed by atoms with van der Waals surface area (Å²) in [6, 6.07) is 2.94. The van der Waals surface area contributed by atoms with E-state index in [1.165, 1.54) is 6.07 Å². The Bertz CT molecular complexity index is 2060. The van der Waals surface area contributed by atoms with Gasteiger partial charge in [0.1, 0.15) is 29.9 Å². The third-order valence-corrected chi connectivity index (χ3v) is 15.9. The van der Waals surface area contributed by atoms with Crippen molar-refractivity contribution in [2.45, 2.75) is 108 Å². The number of nitrogens with one attached hydrogen (secondary N) is 1. The first kappa shape index (κ1) is 42.2. The number of nitrogens with zero attached hydrogens (tertiary/aromatic N) is 3. The number of rotatable bonds is 8. The first-order valence-electron chi connectivity index (χ1n) is 21.6. The van der Waals surface area contributed by atoms with E-state index in [9.17, 15) is 29.1 Å². The number of carbonyl (C=O) groups excluding carboxylic acids is 4. The number of Topliss-reactive ketones (excluding diaryl/α,β-unsaturated/α-hetero) is 1. The summed E-state index contributed by atoms with van der Waals surface area (Å²) in [4.78, 5) is 71.6. The summed E-state index contributed by atoms with van der Waals surface area (Å²) >= 11 is 4.93. The predicted octanol–water partition coefficient (Wildman–Crippen LogP) is 5.29. The molecule has 15 heteroatoms. The summed E-state index contributed by atoms with van der Waals surface area (Å²) < 4.78 is 33.9. The van der Waals surface area contributed by atoms with Gasteiger partial charge in [-0.05, 0) is 81.3 Å². The van der Waals surface area contributed by atoms with E-state index in [0.717, 1.165) is 38.8 Å². The van der Waals surface area contributed by atoms with Crippen LogP contribution in [0.3, 0.4) is 0 Å². The normalized spacial score (nSPS) is 34.2. The van der Waals surface area contributed by atoms with Crippen LogP contribution < -0.4 is 15.6 Å². The number of piperidine rings is 1. The van der Waals surface area contributed by atoms with E-state index in [1.807, 2.05) is 30.2 Å². The second-order valence-electron chi connectivity index (χ2n) is 18.8. The van der Waals surface area contributed by atoms with Crippen molar-refractivity contribution in [2.24, 2.45) is 34.5 Å². The Balaban J connectivity index is 0.934. The van der Waals surface area contributed by atoms with Crippen molar-refractivity contribution in [2.75, 3.05) is 57.4 Å². The smallest absolute Gasteiger partial charge is 0.414 e. The first-order chi connectivity index (χ1) is 28.0. The van der Waals surface area contributed by atoms with Gasteiger partial charge in [0.25, 0.3) is 0 Å². The van der Waals surface area contributed by atoms with Crippen molar-refractivity contribution in [3.63, 3.8) is 0 Å². The number of ketones is 1. The Hall–Kier alpha value is -3.53. The molecule has 2 amide bonds. The van der Waals surface area contributed by atoms with Crippen molar-refractivity contribution in [1.29, 1.82) is 0 Å². The molecule has 2 saturated heterocycles. The Morgan fingerprint density at radius 1 is 1.02 bits per heavy atom. The molecule has 6 aliphatic rings. The van der Waals surface area contributed by atoms with Crippen LogP contribution in [0.15, 0.2) is 23.1 Å². The van der Waals surface area contributed by atoms with Gasteiger partial charge >= 0.3 is 12.1 Å². The Labute approximate surface area is 350 Å². The van der Waals surface area contributed by atoms with Crippen LogP contribution in [0, 0.1) is 40.3 Å². The van der Waals surface area contributed by atoms with E-state index < -0.39 is 62.9 Å². The van der Waals surface area contributed by atoms with Crippen molar-refractivity contribution in [1.82, 2.24) is 14.8 Å². The van der Waals surface area contributed by atoms with E-state index >= 15 is 4.39 Å². The number of morpholine rings is 1. The largest absolute Gasteiger partial charge is 0.461 e. The van der Waals surface area contributed by atoms with Crippen molar-refractivity contribution < 1.29 is 42.9 Å². The van der Waals surface area contributed by atoms with E-state index in [1.54, 1.807) is 12.3 Å².